The second-order valence-corrected chi connectivity index (χ2v) is 6.12. The van der Waals surface area contributed by atoms with Gasteiger partial charge in [-0.15, -0.1) is 0 Å². The molecule has 0 fully saturated rings. The quantitative estimate of drug-likeness (QED) is 0.453. The smallest absolute Gasteiger partial charge is 0.161 e. The summed E-state index contributed by atoms with van der Waals surface area (Å²) in [7, 11) is 0. The number of hydrogen-bond acceptors (Lipinski definition) is 7. The Kier molecular flexibility index (Phi) is 3.26. The molecule has 0 unspecified atom stereocenters. The number of aromatic nitrogens is 7. The standard InChI is InChI=1S/C18H15N9/c1-10-22-14(8-15(19)23-10)17-18(25-16-3-2-6-21-27(16)17)24-12-5-4-11-9-20-26-13(11)7-12/h2-9,24H,1H3,(H,20,26)(H2,19,22,23). The minimum atomic E-state index is 0.396. The first kappa shape index (κ1) is 15.3. The van der Waals surface area contributed by atoms with Crippen LogP contribution in [-0.2, 0) is 0 Å². The van der Waals surface area contributed by atoms with E-state index in [4.69, 9.17) is 5.73 Å². The van der Waals surface area contributed by atoms with Gasteiger partial charge in [0.1, 0.15) is 17.3 Å². The number of nitrogens with two attached hydrogens (primary N) is 1. The molecule has 0 spiro atoms. The van der Waals surface area contributed by atoms with Gasteiger partial charge in [-0.3, -0.25) is 5.10 Å². The lowest BCUT2D eigenvalue weighted by atomic mass is 10.2. The molecule has 0 amide bonds. The number of anilines is 3. The summed E-state index contributed by atoms with van der Waals surface area (Å²) >= 11 is 0. The molecule has 4 N–H and O–H groups in total. The molecular weight excluding hydrogens is 342 g/mol. The Morgan fingerprint density at radius 1 is 1.11 bits per heavy atom. The lowest BCUT2D eigenvalue weighted by molar-refractivity contribution is 0.932. The van der Waals surface area contributed by atoms with Crippen LogP contribution in [0.2, 0.25) is 0 Å². The van der Waals surface area contributed by atoms with Gasteiger partial charge >= 0.3 is 0 Å². The van der Waals surface area contributed by atoms with Crippen molar-refractivity contribution in [3.05, 3.63) is 54.6 Å². The fourth-order valence-corrected chi connectivity index (χ4v) is 3.07. The van der Waals surface area contributed by atoms with E-state index in [1.807, 2.05) is 30.3 Å². The van der Waals surface area contributed by atoms with Gasteiger partial charge in [-0.25, -0.2) is 19.5 Å². The monoisotopic (exact) mass is 357 g/mol. The molecule has 4 aromatic heterocycles. The highest BCUT2D eigenvalue weighted by Crippen LogP contribution is 2.30. The zero-order chi connectivity index (χ0) is 18.4. The van der Waals surface area contributed by atoms with Crippen LogP contribution in [0.25, 0.3) is 27.9 Å². The van der Waals surface area contributed by atoms with Crippen LogP contribution >= 0.6 is 0 Å². The fourth-order valence-electron chi connectivity index (χ4n) is 3.07. The third-order valence-corrected chi connectivity index (χ3v) is 4.20. The summed E-state index contributed by atoms with van der Waals surface area (Å²) in [6.07, 6.45) is 3.49. The molecule has 0 radical (unpaired) electrons. The normalized spacial score (nSPS) is 11.3. The van der Waals surface area contributed by atoms with Gasteiger partial charge < -0.3 is 11.1 Å². The summed E-state index contributed by atoms with van der Waals surface area (Å²) in [5, 5.41) is 15.8. The topological polar surface area (TPSA) is 123 Å². The van der Waals surface area contributed by atoms with Crippen molar-refractivity contribution in [2.45, 2.75) is 6.92 Å². The van der Waals surface area contributed by atoms with Gasteiger partial charge in [-0.05, 0) is 37.3 Å². The molecule has 0 bridgehead atoms. The Morgan fingerprint density at radius 3 is 2.93 bits per heavy atom. The van der Waals surface area contributed by atoms with Gasteiger partial charge in [0.2, 0.25) is 0 Å². The van der Waals surface area contributed by atoms with Gasteiger partial charge in [0, 0.05) is 23.3 Å². The fraction of sp³-hybridized carbons (Fsp3) is 0.0556. The lowest BCUT2D eigenvalue weighted by Crippen LogP contribution is -2.02. The van der Waals surface area contributed by atoms with E-state index >= 15 is 0 Å². The predicted molar refractivity (Wildman–Crippen MR) is 103 cm³/mol. The van der Waals surface area contributed by atoms with Crippen molar-refractivity contribution in [1.29, 1.82) is 0 Å². The number of nitrogen functional groups attached to an aromatic ring is 1. The summed E-state index contributed by atoms with van der Waals surface area (Å²) in [4.78, 5) is 13.3. The average molecular weight is 357 g/mol. The molecule has 4 heterocycles. The average Bonchev–Trinajstić information content (AvgIpc) is 3.24. The van der Waals surface area contributed by atoms with E-state index in [0.717, 1.165) is 16.6 Å². The summed E-state index contributed by atoms with van der Waals surface area (Å²) in [6, 6.07) is 11.4. The van der Waals surface area contributed by atoms with Crippen LogP contribution in [0.1, 0.15) is 5.82 Å². The van der Waals surface area contributed by atoms with E-state index in [0.29, 0.717) is 34.5 Å². The van der Waals surface area contributed by atoms with Gasteiger partial charge in [0.15, 0.2) is 11.5 Å². The van der Waals surface area contributed by atoms with Crippen LogP contribution in [-0.4, -0.2) is 34.8 Å². The first-order valence-electron chi connectivity index (χ1n) is 8.33. The van der Waals surface area contributed by atoms with Crippen molar-refractivity contribution in [1.82, 2.24) is 34.8 Å². The highest BCUT2D eigenvalue weighted by atomic mass is 15.3. The summed E-state index contributed by atoms with van der Waals surface area (Å²) in [5.41, 5.74) is 9.80. The second-order valence-electron chi connectivity index (χ2n) is 6.12. The van der Waals surface area contributed by atoms with Crippen molar-refractivity contribution in [2.75, 3.05) is 11.1 Å². The number of aromatic amines is 1. The summed E-state index contributed by atoms with van der Waals surface area (Å²) in [6.45, 7) is 1.80. The number of benzene rings is 1. The van der Waals surface area contributed by atoms with E-state index in [1.165, 1.54) is 0 Å². The molecule has 0 saturated heterocycles. The molecule has 5 rings (SSSR count). The molecule has 0 aliphatic rings. The van der Waals surface area contributed by atoms with Crippen LogP contribution in [0.4, 0.5) is 17.3 Å². The van der Waals surface area contributed by atoms with E-state index in [2.05, 4.69) is 35.6 Å². The van der Waals surface area contributed by atoms with Gasteiger partial charge in [-0.2, -0.15) is 10.2 Å². The first-order chi connectivity index (χ1) is 13.2. The number of nitrogens with one attached hydrogen (secondary N) is 2. The molecule has 0 saturated carbocycles. The Morgan fingerprint density at radius 2 is 2.04 bits per heavy atom. The largest absolute Gasteiger partial charge is 0.384 e. The maximum absolute atomic E-state index is 5.93. The van der Waals surface area contributed by atoms with Crippen LogP contribution in [0, 0.1) is 6.92 Å². The number of aryl methyl sites for hydroxylation is 1. The van der Waals surface area contributed by atoms with Crippen LogP contribution in [0.5, 0.6) is 0 Å². The number of imidazole rings is 1. The molecular formula is C18H15N9. The molecule has 27 heavy (non-hydrogen) atoms. The zero-order valence-corrected chi connectivity index (χ0v) is 14.4. The third kappa shape index (κ3) is 2.61. The van der Waals surface area contributed by atoms with Gasteiger partial charge in [0.25, 0.3) is 0 Å². The SMILES string of the molecule is Cc1nc(N)cc(-c2c(Nc3ccc4cn[nH]c4c3)nc3cccnn23)n1. The highest BCUT2D eigenvalue weighted by molar-refractivity contribution is 5.84. The Balaban J connectivity index is 1.69. The van der Waals surface area contributed by atoms with E-state index in [-0.39, 0.29) is 0 Å². The molecule has 132 valence electrons. The number of hydrogen-bond donors (Lipinski definition) is 3. The molecule has 1 aromatic carbocycles. The van der Waals surface area contributed by atoms with E-state index in [1.54, 1.807) is 29.9 Å². The van der Waals surface area contributed by atoms with Gasteiger partial charge in [0.05, 0.1) is 17.4 Å². The summed E-state index contributed by atoms with van der Waals surface area (Å²) in [5.74, 6) is 1.61. The Bertz CT molecular complexity index is 1260. The number of H-pyrrole nitrogens is 1. The minimum Gasteiger partial charge on any atom is -0.384 e. The van der Waals surface area contributed by atoms with Crippen molar-refractivity contribution in [3.63, 3.8) is 0 Å². The van der Waals surface area contributed by atoms with Crippen molar-refractivity contribution in [2.24, 2.45) is 0 Å². The predicted octanol–water partition coefficient (Wildman–Crippen LogP) is 2.70. The first-order valence-corrected chi connectivity index (χ1v) is 8.33. The Labute approximate surface area is 153 Å². The number of fused-ring (bicyclic) bond motifs is 2. The van der Waals surface area contributed by atoms with E-state index in [9.17, 15) is 0 Å². The molecule has 9 heteroatoms. The van der Waals surface area contributed by atoms with Crippen molar-refractivity contribution in [3.8, 4) is 11.4 Å². The number of nitrogens with zero attached hydrogens (tertiary/aromatic N) is 6. The number of rotatable bonds is 3. The molecule has 0 aliphatic heterocycles. The second kappa shape index (κ2) is 5.77. The summed E-state index contributed by atoms with van der Waals surface area (Å²) < 4.78 is 1.73. The van der Waals surface area contributed by atoms with Crippen molar-refractivity contribution >= 4 is 33.9 Å². The Hall–Kier alpha value is -4.01. The highest BCUT2D eigenvalue weighted by Gasteiger charge is 2.18. The van der Waals surface area contributed by atoms with Crippen molar-refractivity contribution < 1.29 is 0 Å². The lowest BCUT2D eigenvalue weighted by Gasteiger charge is -2.08. The molecule has 0 aliphatic carbocycles. The zero-order valence-electron chi connectivity index (χ0n) is 14.4. The molecule has 9 nitrogen and oxygen atoms in total. The van der Waals surface area contributed by atoms with Gasteiger partial charge in [-0.1, -0.05) is 0 Å². The van der Waals surface area contributed by atoms with Crippen LogP contribution in [0.3, 0.4) is 0 Å². The molecule has 5 aromatic rings. The maximum Gasteiger partial charge on any atom is 0.161 e. The van der Waals surface area contributed by atoms with E-state index < -0.39 is 0 Å². The minimum absolute atomic E-state index is 0.396. The maximum atomic E-state index is 5.93. The molecule has 0 atom stereocenters. The third-order valence-electron chi connectivity index (χ3n) is 4.20. The van der Waals surface area contributed by atoms with Crippen LogP contribution < -0.4 is 11.1 Å². The van der Waals surface area contributed by atoms with Crippen LogP contribution in [0.15, 0.2) is 48.8 Å².